The number of urea groups is 1. The van der Waals surface area contributed by atoms with Crippen molar-refractivity contribution >= 4 is 11.7 Å². The zero-order chi connectivity index (χ0) is 14.5. The Bertz CT molecular complexity index is 474. The van der Waals surface area contributed by atoms with Gasteiger partial charge in [-0.25, -0.2) is 4.79 Å². The number of ether oxygens (including phenoxy) is 1. The van der Waals surface area contributed by atoms with Crippen LogP contribution >= 0.6 is 0 Å². The van der Waals surface area contributed by atoms with E-state index < -0.39 is 0 Å². The van der Waals surface area contributed by atoms with Gasteiger partial charge < -0.3 is 15.0 Å². The van der Waals surface area contributed by atoms with Crippen LogP contribution in [0.25, 0.3) is 0 Å². The number of amides is 2. The van der Waals surface area contributed by atoms with E-state index in [1.54, 1.807) is 0 Å². The van der Waals surface area contributed by atoms with Crippen molar-refractivity contribution in [1.82, 2.24) is 4.90 Å². The van der Waals surface area contributed by atoms with Gasteiger partial charge in [0.25, 0.3) is 0 Å². The van der Waals surface area contributed by atoms with Crippen LogP contribution in [0, 0.1) is 6.92 Å². The number of carbonyl (C=O) groups excluding carboxylic acids is 1. The third-order valence-corrected chi connectivity index (χ3v) is 3.85. The molecule has 1 aromatic carbocycles. The standard InChI is InChI=1S/C16H24N2O2/c1-4-13-8-6-7-12(3)15(13)17-16(19)18-9-10-20-14(5-2)11-18/h6-8,14H,4-5,9-11H2,1-3H3,(H,17,19). The Morgan fingerprint density at radius 2 is 2.25 bits per heavy atom. The van der Waals surface area contributed by atoms with Gasteiger partial charge in [-0.1, -0.05) is 32.0 Å². The van der Waals surface area contributed by atoms with Crippen molar-refractivity contribution in [2.45, 2.75) is 39.7 Å². The van der Waals surface area contributed by atoms with Crippen LogP contribution in [-0.4, -0.2) is 36.7 Å². The molecular weight excluding hydrogens is 252 g/mol. The first-order valence-electron chi connectivity index (χ1n) is 7.41. The molecule has 0 saturated carbocycles. The molecule has 1 unspecified atom stereocenters. The van der Waals surface area contributed by atoms with Crippen LogP contribution in [0.5, 0.6) is 0 Å². The van der Waals surface area contributed by atoms with Crippen LogP contribution in [0.4, 0.5) is 10.5 Å². The van der Waals surface area contributed by atoms with Crippen LogP contribution in [0.1, 0.15) is 31.4 Å². The number of morpholine rings is 1. The largest absolute Gasteiger partial charge is 0.375 e. The molecule has 1 aliphatic rings. The molecule has 1 atom stereocenters. The van der Waals surface area contributed by atoms with Gasteiger partial charge in [-0.2, -0.15) is 0 Å². The molecule has 2 amide bonds. The first kappa shape index (κ1) is 14.9. The number of anilines is 1. The van der Waals surface area contributed by atoms with Crippen molar-refractivity contribution in [1.29, 1.82) is 0 Å². The number of carbonyl (C=O) groups is 1. The maximum atomic E-state index is 12.4. The Hall–Kier alpha value is -1.55. The van der Waals surface area contributed by atoms with Gasteiger partial charge in [-0.3, -0.25) is 0 Å². The molecule has 1 aromatic rings. The lowest BCUT2D eigenvalue weighted by atomic mass is 10.1. The second kappa shape index (κ2) is 6.75. The Labute approximate surface area is 121 Å². The van der Waals surface area contributed by atoms with Crippen LogP contribution in [-0.2, 0) is 11.2 Å². The highest BCUT2D eigenvalue weighted by atomic mass is 16.5. The van der Waals surface area contributed by atoms with Gasteiger partial charge in [0, 0.05) is 18.8 Å². The molecule has 20 heavy (non-hydrogen) atoms. The minimum Gasteiger partial charge on any atom is -0.375 e. The van der Waals surface area contributed by atoms with E-state index in [-0.39, 0.29) is 12.1 Å². The molecule has 4 nitrogen and oxygen atoms in total. The lowest BCUT2D eigenvalue weighted by Crippen LogP contribution is -2.47. The van der Waals surface area contributed by atoms with Gasteiger partial charge in [-0.15, -0.1) is 0 Å². The molecule has 1 heterocycles. The molecule has 1 saturated heterocycles. The number of aryl methyl sites for hydroxylation is 2. The van der Waals surface area contributed by atoms with Crippen LogP contribution in [0.2, 0.25) is 0 Å². The zero-order valence-corrected chi connectivity index (χ0v) is 12.6. The van der Waals surface area contributed by atoms with Gasteiger partial charge >= 0.3 is 6.03 Å². The van der Waals surface area contributed by atoms with Crippen LogP contribution in [0.15, 0.2) is 18.2 Å². The topological polar surface area (TPSA) is 41.6 Å². The van der Waals surface area contributed by atoms with Crippen LogP contribution < -0.4 is 5.32 Å². The summed E-state index contributed by atoms with van der Waals surface area (Å²) in [5.41, 5.74) is 3.25. The maximum absolute atomic E-state index is 12.4. The highest BCUT2D eigenvalue weighted by Gasteiger charge is 2.23. The maximum Gasteiger partial charge on any atom is 0.322 e. The molecule has 1 N–H and O–H groups in total. The fourth-order valence-corrected chi connectivity index (χ4v) is 2.54. The zero-order valence-electron chi connectivity index (χ0n) is 12.6. The smallest absolute Gasteiger partial charge is 0.322 e. The molecule has 1 aliphatic heterocycles. The molecule has 2 rings (SSSR count). The summed E-state index contributed by atoms with van der Waals surface area (Å²) < 4.78 is 5.60. The number of para-hydroxylation sites is 1. The third kappa shape index (κ3) is 3.31. The minimum atomic E-state index is -0.0178. The monoisotopic (exact) mass is 276 g/mol. The quantitative estimate of drug-likeness (QED) is 0.921. The lowest BCUT2D eigenvalue weighted by molar-refractivity contribution is -0.0134. The number of nitrogens with one attached hydrogen (secondary N) is 1. The molecule has 110 valence electrons. The molecule has 4 heteroatoms. The fourth-order valence-electron chi connectivity index (χ4n) is 2.54. The van der Waals surface area contributed by atoms with Gasteiger partial charge in [0.2, 0.25) is 0 Å². The van der Waals surface area contributed by atoms with E-state index in [9.17, 15) is 4.79 Å². The minimum absolute atomic E-state index is 0.0178. The normalized spacial score (nSPS) is 18.9. The molecule has 0 bridgehead atoms. The van der Waals surface area contributed by atoms with Crippen LogP contribution in [0.3, 0.4) is 0 Å². The molecule has 0 spiro atoms. The SMILES string of the molecule is CCc1cccc(C)c1NC(=O)N1CCOC(CC)C1. The average Bonchev–Trinajstić information content (AvgIpc) is 2.49. The second-order valence-electron chi connectivity index (χ2n) is 5.24. The van der Waals surface area contributed by atoms with Crippen molar-refractivity contribution in [3.8, 4) is 0 Å². The van der Waals surface area contributed by atoms with E-state index >= 15 is 0 Å². The summed E-state index contributed by atoms with van der Waals surface area (Å²) in [7, 11) is 0. The van der Waals surface area contributed by atoms with Gasteiger partial charge in [0.05, 0.1) is 12.7 Å². The number of benzene rings is 1. The Kier molecular flexibility index (Phi) is 5.01. The Morgan fingerprint density at radius 3 is 2.95 bits per heavy atom. The second-order valence-corrected chi connectivity index (χ2v) is 5.24. The summed E-state index contributed by atoms with van der Waals surface area (Å²) in [6.07, 6.45) is 2.02. The van der Waals surface area contributed by atoms with E-state index in [1.807, 2.05) is 24.0 Å². The van der Waals surface area contributed by atoms with Crippen molar-refractivity contribution in [2.24, 2.45) is 0 Å². The summed E-state index contributed by atoms with van der Waals surface area (Å²) in [4.78, 5) is 14.3. The van der Waals surface area contributed by atoms with Crippen molar-refractivity contribution in [3.05, 3.63) is 29.3 Å². The fraction of sp³-hybridized carbons (Fsp3) is 0.562. The van der Waals surface area contributed by atoms with Gasteiger partial charge in [0.15, 0.2) is 0 Å². The van der Waals surface area contributed by atoms with Crippen molar-refractivity contribution in [2.75, 3.05) is 25.0 Å². The van der Waals surface area contributed by atoms with E-state index in [0.717, 1.165) is 24.1 Å². The van der Waals surface area contributed by atoms with E-state index in [2.05, 4.69) is 25.2 Å². The number of hydrogen-bond donors (Lipinski definition) is 1. The summed E-state index contributed by atoms with van der Waals surface area (Å²) in [6.45, 7) is 8.18. The molecular formula is C16H24N2O2. The number of nitrogens with zero attached hydrogens (tertiary/aromatic N) is 1. The summed E-state index contributed by atoms with van der Waals surface area (Å²) in [5.74, 6) is 0. The third-order valence-electron chi connectivity index (χ3n) is 3.85. The van der Waals surface area contributed by atoms with E-state index in [0.29, 0.717) is 19.7 Å². The molecule has 1 fully saturated rings. The van der Waals surface area contributed by atoms with Crippen molar-refractivity contribution < 1.29 is 9.53 Å². The summed E-state index contributed by atoms with van der Waals surface area (Å²) in [6, 6.07) is 6.11. The van der Waals surface area contributed by atoms with Crippen molar-refractivity contribution in [3.63, 3.8) is 0 Å². The number of rotatable bonds is 3. The molecule has 0 aromatic heterocycles. The lowest BCUT2D eigenvalue weighted by Gasteiger charge is -2.32. The summed E-state index contributed by atoms with van der Waals surface area (Å²) >= 11 is 0. The first-order valence-corrected chi connectivity index (χ1v) is 7.41. The summed E-state index contributed by atoms with van der Waals surface area (Å²) in [5, 5.41) is 3.08. The van der Waals surface area contributed by atoms with E-state index in [4.69, 9.17) is 4.74 Å². The highest BCUT2D eigenvalue weighted by molar-refractivity contribution is 5.91. The Morgan fingerprint density at radius 1 is 1.45 bits per heavy atom. The predicted molar refractivity (Wildman–Crippen MR) is 81.2 cm³/mol. The van der Waals surface area contributed by atoms with Gasteiger partial charge in [-0.05, 0) is 30.9 Å². The first-order chi connectivity index (χ1) is 9.65. The number of hydrogen-bond acceptors (Lipinski definition) is 2. The molecule has 0 radical (unpaired) electrons. The van der Waals surface area contributed by atoms with Gasteiger partial charge in [0.1, 0.15) is 0 Å². The predicted octanol–water partition coefficient (Wildman–Crippen LogP) is 3.20. The Balaban J connectivity index is 2.08. The average molecular weight is 276 g/mol. The van der Waals surface area contributed by atoms with E-state index in [1.165, 1.54) is 5.56 Å². The molecule has 0 aliphatic carbocycles. The highest BCUT2D eigenvalue weighted by Crippen LogP contribution is 2.22.